The lowest BCUT2D eigenvalue weighted by atomic mass is 9.82. The monoisotopic (exact) mass is 427 g/mol. The molecule has 1 saturated heterocycles. The highest BCUT2D eigenvalue weighted by Crippen LogP contribution is 2.40. The molecule has 1 aliphatic rings. The summed E-state index contributed by atoms with van der Waals surface area (Å²) in [4.78, 5) is 13.7. The second kappa shape index (κ2) is 10.7. The molecule has 1 aromatic rings. The molecule has 0 radical (unpaired) electrons. The van der Waals surface area contributed by atoms with Crippen LogP contribution in [0.5, 0.6) is 0 Å². The molecule has 0 aromatic heterocycles. The Labute approximate surface area is 178 Å². The zero-order chi connectivity index (χ0) is 22.5. The number of rotatable bonds is 9. The van der Waals surface area contributed by atoms with Crippen LogP contribution in [-0.4, -0.2) is 28.6 Å². The topological polar surface area (TPSA) is 40.5 Å². The van der Waals surface area contributed by atoms with E-state index in [2.05, 4.69) is 32.6 Å². The van der Waals surface area contributed by atoms with E-state index < -0.39 is 17.7 Å². The second-order valence-corrected chi connectivity index (χ2v) is 9.62. The van der Waals surface area contributed by atoms with Crippen molar-refractivity contribution in [3.8, 4) is 0 Å². The third-order valence-electron chi connectivity index (χ3n) is 6.13. The number of nitrogens with zero attached hydrogens (tertiary/aromatic N) is 1. The molecular formula is C24H36F3NO2. The Bertz CT molecular complexity index is 670. The number of carboxylic acids is 1. The van der Waals surface area contributed by atoms with Gasteiger partial charge in [0.1, 0.15) is 0 Å². The molecule has 0 bridgehead atoms. The zero-order valence-electron chi connectivity index (χ0n) is 18.6. The number of halogens is 3. The summed E-state index contributed by atoms with van der Waals surface area (Å²) >= 11 is 0. The van der Waals surface area contributed by atoms with Crippen LogP contribution in [0.2, 0.25) is 0 Å². The molecule has 0 spiro atoms. The van der Waals surface area contributed by atoms with E-state index in [4.69, 9.17) is 0 Å². The Morgan fingerprint density at radius 1 is 1.10 bits per heavy atom. The summed E-state index contributed by atoms with van der Waals surface area (Å²) in [7, 11) is 0. The number of benzene rings is 1. The molecular weight excluding hydrogens is 391 g/mol. The molecule has 0 amide bonds. The van der Waals surface area contributed by atoms with Gasteiger partial charge in [0.2, 0.25) is 0 Å². The minimum Gasteiger partial charge on any atom is -0.481 e. The highest BCUT2D eigenvalue weighted by atomic mass is 19.4. The minimum absolute atomic E-state index is 0.0405. The summed E-state index contributed by atoms with van der Waals surface area (Å²) in [6, 6.07) is 5.78. The van der Waals surface area contributed by atoms with E-state index >= 15 is 0 Å². The van der Waals surface area contributed by atoms with E-state index in [0.29, 0.717) is 24.3 Å². The standard InChI is InChI=1S/C24H36F3NO2/c1-16(2)5-10-21(13-17(3)4)28-12-11-18(15-23(29)30)14-22(28)19-6-8-20(9-7-19)24(25,26)27/h6-9,16-18,21-22H,5,10-15H2,1-4H3,(H,29,30)/t18-,21-,22+/m1/s1. The molecule has 0 saturated carbocycles. The molecule has 6 heteroatoms. The molecule has 30 heavy (non-hydrogen) atoms. The van der Waals surface area contributed by atoms with Gasteiger partial charge in [0.05, 0.1) is 5.56 Å². The van der Waals surface area contributed by atoms with Crippen LogP contribution in [0, 0.1) is 17.8 Å². The highest BCUT2D eigenvalue weighted by Gasteiger charge is 2.36. The fourth-order valence-electron chi connectivity index (χ4n) is 4.64. The zero-order valence-corrected chi connectivity index (χ0v) is 18.6. The van der Waals surface area contributed by atoms with E-state index in [1.54, 1.807) is 12.1 Å². The Morgan fingerprint density at radius 3 is 2.23 bits per heavy atom. The molecule has 1 aliphatic heterocycles. The summed E-state index contributed by atoms with van der Waals surface area (Å²) in [6.45, 7) is 9.61. The van der Waals surface area contributed by atoms with Crippen LogP contribution in [0.3, 0.4) is 0 Å². The summed E-state index contributed by atoms with van der Waals surface area (Å²) in [6.07, 6.45) is 0.448. The minimum atomic E-state index is -4.35. The summed E-state index contributed by atoms with van der Waals surface area (Å²) < 4.78 is 39.0. The summed E-state index contributed by atoms with van der Waals surface area (Å²) in [5.74, 6) is 0.356. The number of likely N-dealkylation sites (tertiary alicyclic amines) is 1. The van der Waals surface area contributed by atoms with Crippen molar-refractivity contribution in [1.29, 1.82) is 0 Å². The maximum atomic E-state index is 13.0. The van der Waals surface area contributed by atoms with Crippen molar-refractivity contribution in [2.75, 3.05) is 6.54 Å². The van der Waals surface area contributed by atoms with Crippen LogP contribution in [0.15, 0.2) is 24.3 Å². The van der Waals surface area contributed by atoms with Crippen molar-refractivity contribution in [2.24, 2.45) is 17.8 Å². The lowest BCUT2D eigenvalue weighted by molar-refractivity contribution is -0.139. The molecule has 2 rings (SSSR count). The first-order valence-corrected chi connectivity index (χ1v) is 11.1. The number of alkyl halides is 3. The van der Waals surface area contributed by atoms with Crippen molar-refractivity contribution in [3.63, 3.8) is 0 Å². The molecule has 1 aromatic carbocycles. The van der Waals surface area contributed by atoms with Gasteiger partial charge in [-0.3, -0.25) is 9.69 Å². The summed E-state index contributed by atoms with van der Waals surface area (Å²) in [5.41, 5.74) is 0.214. The number of piperidine rings is 1. The van der Waals surface area contributed by atoms with Crippen LogP contribution in [-0.2, 0) is 11.0 Å². The third-order valence-corrected chi connectivity index (χ3v) is 6.13. The van der Waals surface area contributed by atoms with Gasteiger partial charge in [0, 0.05) is 18.5 Å². The van der Waals surface area contributed by atoms with Gasteiger partial charge in [-0.05, 0) is 74.1 Å². The molecule has 3 nitrogen and oxygen atoms in total. The molecule has 170 valence electrons. The maximum Gasteiger partial charge on any atom is 0.416 e. The molecule has 1 N–H and O–H groups in total. The number of carboxylic acid groups (broad SMARTS) is 1. The van der Waals surface area contributed by atoms with Gasteiger partial charge >= 0.3 is 12.1 Å². The first-order chi connectivity index (χ1) is 14.0. The fraction of sp³-hybridized carbons (Fsp3) is 0.708. The van der Waals surface area contributed by atoms with Crippen LogP contribution in [0.4, 0.5) is 13.2 Å². The molecule has 3 atom stereocenters. The van der Waals surface area contributed by atoms with E-state index in [-0.39, 0.29) is 18.4 Å². The largest absolute Gasteiger partial charge is 0.481 e. The van der Waals surface area contributed by atoms with Gasteiger partial charge in [-0.1, -0.05) is 39.8 Å². The quantitative estimate of drug-likeness (QED) is 0.472. The van der Waals surface area contributed by atoms with Crippen LogP contribution in [0.25, 0.3) is 0 Å². The predicted octanol–water partition coefficient (Wildman–Crippen LogP) is 6.78. The van der Waals surface area contributed by atoms with Crippen molar-refractivity contribution in [2.45, 2.75) is 84.5 Å². The van der Waals surface area contributed by atoms with Gasteiger partial charge in [0.25, 0.3) is 0 Å². The van der Waals surface area contributed by atoms with Crippen molar-refractivity contribution >= 4 is 5.97 Å². The van der Waals surface area contributed by atoms with Gasteiger partial charge in [0.15, 0.2) is 0 Å². The molecule has 1 heterocycles. The lowest BCUT2D eigenvalue weighted by Gasteiger charge is -2.45. The third kappa shape index (κ3) is 7.29. The molecule has 0 unspecified atom stereocenters. The number of hydrogen-bond acceptors (Lipinski definition) is 2. The van der Waals surface area contributed by atoms with Gasteiger partial charge in [-0.15, -0.1) is 0 Å². The first kappa shape index (κ1) is 24.7. The predicted molar refractivity (Wildman–Crippen MR) is 113 cm³/mol. The van der Waals surface area contributed by atoms with Crippen LogP contribution < -0.4 is 0 Å². The van der Waals surface area contributed by atoms with Crippen LogP contribution >= 0.6 is 0 Å². The maximum absolute atomic E-state index is 13.0. The Balaban J connectivity index is 2.31. The molecule has 0 aliphatic carbocycles. The van der Waals surface area contributed by atoms with Crippen molar-refractivity contribution in [1.82, 2.24) is 4.90 Å². The van der Waals surface area contributed by atoms with E-state index in [0.717, 1.165) is 49.9 Å². The number of carbonyl (C=O) groups is 1. The number of hydrogen-bond donors (Lipinski definition) is 1. The fourth-order valence-corrected chi connectivity index (χ4v) is 4.64. The Kier molecular flexibility index (Phi) is 8.77. The van der Waals surface area contributed by atoms with Gasteiger partial charge in [-0.25, -0.2) is 0 Å². The molecule has 1 fully saturated rings. The van der Waals surface area contributed by atoms with Gasteiger partial charge in [-0.2, -0.15) is 13.2 Å². The highest BCUT2D eigenvalue weighted by molar-refractivity contribution is 5.67. The van der Waals surface area contributed by atoms with E-state index in [1.807, 2.05) is 0 Å². The SMILES string of the molecule is CC(C)CC[C@H](CC(C)C)N1CC[C@@H](CC(=O)O)C[C@H]1c1ccc(C(F)(F)F)cc1. The van der Waals surface area contributed by atoms with Crippen molar-refractivity contribution < 1.29 is 23.1 Å². The number of aliphatic carboxylic acids is 1. The average molecular weight is 428 g/mol. The smallest absolute Gasteiger partial charge is 0.416 e. The van der Waals surface area contributed by atoms with E-state index in [1.165, 1.54) is 0 Å². The Hall–Kier alpha value is -1.56. The van der Waals surface area contributed by atoms with E-state index in [9.17, 15) is 23.1 Å². The van der Waals surface area contributed by atoms with Crippen LogP contribution in [0.1, 0.15) is 83.4 Å². The first-order valence-electron chi connectivity index (χ1n) is 11.1. The lowest BCUT2D eigenvalue weighted by Crippen LogP contribution is -2.44. The summed E-state index contributed by atoms with van der Waals surface area (Å²) in [5, 5.41) is 9.25. The Morgan fingerprint density at radius 2 is 1.73 bits per heavy atom. The second-order valence-electron chi connectivity index (χ2n) is 9.62. The van der Waals surface area contributed by atoms with Crippen molar-refractivity contribution in [3.05, 3.63) is 35.4 Å². The normalized spacial score (nSPS) is 21.9. The van der Waals surface area contributed by atoms with Gasteiger partial charge < -0.3 is 5.11 Å². The average Bonchev–Trinajstić information content (AvgIpc) is 2.64.